The van der Waals surface area contributed by atoms with Crippen molar-refractivity contribution in [2.24, 2.45) is 5.73 Å². The number of nitrogens with zero attached hydrogens (tertiary/aromatic N) is 3. The third-order valence-electron chi connectivity index (χ3n) is 4.04. The van der Waals surface area contributed by atoms with E-state index in [4.69, 9.17) is 16.5 Å². The Labute approximate surface area is 134 Å². The number of carbonyl (C=O) groups is 1. The Balaban J connectivity index is 2.37. The van der Waals surface area contributed by atoms with Gasteiger partial charge in [0.25, 0.3) is 0 Å². The average Bonchev–Trinajstić information content (AvgIpc) is 2.87. The summed E-state index contributed by atoms with van der Waals surface area (Å²) < 4.78 is 2.10. The molecule has 2 aromatic heterocycles. The van der Waals surface area contributed by atoms with Gasteiger partial charge in [0, 0.05) is 24.3 Å². The van der Waals surface area contributed by atoms with E-state index >= 15 is 0 Å². The third kappa shape index (κ3) is 2.60. The number of nitrogens with two attached hydrogens (primary N) is 2. The Hall–Kier alpha value is -2.63. The molecule has 4 N–H and O–H groups in total. The van der Waals surface area contributed by atoms with Gasteiger partial charge in [0.15, 0.2) is 5.82 Å². The molecule has 1 amide bonds. The summed E-state index contributed by atoms with van der Waals surface area (Å²) in [6.07, 6.45) is 2.03. The van der Waals surface area contributed by atoms with Gasteiger partial charge in [-0.05, 0) is 19.4 Å². The van der Waals surface area contributed by atoms with Crippen molar-refractivity contribution in [2.75, 3.05) is 5.73 Å². The highest BCUT2D eigenvalue weighted by atomic mass is 16.1. The number of benzene rings is 1. The highest BCUT2D eigenvalue weighted by Crippen LogP contribution is 2.32. The second kappa shape index (κ2) is 5.87. The van der Waals surface area contributed by atoms with Crippen LogP contribution in [-0.4, -0.2) is 20.4 Å². The summed E-state index contributed by atoms with van der Waals surface area (Å²) in [5.74, 6) is 1.01. The molecule has 0 saturated carbocycles. The first-order valence-corrected chi connectivity index (χ1v) is 7.86. The van der Waals surface area contributed by atoms with E-state index in [0.717, 1.165) is 35.1 Å². The molecule has 23 heavy (non-hydrogen) atoms. The van der Waals surface area contributed by atoms with E-state index in [0.29, 0.717) is 11.3 Å². The molecule has 120 valence electrons. The zero-order valence-corrected chi connectivity index (χ0v) is 13.4. The van der Waals surface area contributed by atoms with Crippen molar-refractivity contribution < 1.29 is 4.79 Å². The number of hydrogen-bond acceptors (Lipinski definition) is 4. The van der Waals surface area contributed by atoms with Crippen LogP contribution >= 0.6 is 0 Å². The molecule has 0 aliphatic carbocycles. The lowest BCUT2D eigenvalue weighted by molar-refractivity contribution is -0.118. The largest absolute Gasteiger partial charge is 0.382 e. The molecule has 2 heterocycles. The minimum absolute atomic E-state index is 0.0794. The summed E-state index contributed by atoms with van der Waals surface area (Å²) in [6, 6.07) is 7.76. The Kier molecular flexibility index (Phi) is 3.90. The molecule has 0 fully saturated rings. The van der Waals surface area contributed by atoms with Gasteiger partial charge in [0.2, 0.25) is 5.91 Å². The molecule has 0 aliphatic rings. The highest BCUT2D eigenvalue weighted by molar-refractivity contribution is 6.06. The van der Waals surface area contributed by atoms with Crippen LogP contribution < -0.4 is 11.5 Å². The maximum absolute atomic E-state index is 11.4. The fourth-order valence-electron chi connectivity index (χ4n) is 3.13. The molecular formula is C17H21N5O. The molecule has 1 atom stereocenters. The van der Waals surface area contributed by atoms with E-state index in [1.54, 1.807) is 0 Å². The third-order valence-corrected chi connectivity index (χ3v) is 4.04. The van der Waals surface area contributed by atoms with Crippen molar-refractivity contribution in [1.29, 1.82) is 0 Å². The van der Waals surface area contributed by atoms with Gasteiger partial charge in [-0.3, -0.25) is 4.79 Å². The van der Waals surface area contributed by atoms with E-state index in [9.17, 15) is 4.79 Å². The summed E-state index contributed by atoms with van der Waals surface area (Å²) in [7, 11) is 0. The summed E-state index contributed by atoms with van der Waals surface area (Å²) in [5.41, 5.74) is 14.0. The fraction of sp³-hybridized carbons (Fsp3) is 0.353. The molecule has 0 radical (unpaired) electrons. The number of primary amides is 1. The number of anilines is 1. The van der Waals surface area contributed by atoms with Gasteiger partial charge in [-0.25, -0.2) is 9.97 Å². The number of imidazole rings is 1. The van der Waals surface area contributed by atoms with Crippen molar-refractivity contribution in [3.63, 3.8) is 0 Å². The first kappa shape index (κ1) is 15.3. The van der Waals surface area contributed by atoms with Crippen molar-refractivity contribution in [3.05, 3.63) is 30.1 Å². The van der Waals surface area contributed by atoms with Gasteiger partial charge in [-0.15, -0.1) is 0 Å². The number of hydrogen-bond donors (Lipinski definition) is 2. The number of fused-ring (bicyclic) bond motifs is 3. The van der Waals surface area contributed by atoms with Gasteiger partial charge in [-0.1, -0.05) is 25.1 Å². The summed E-state index contributed by atoms with van der Waals surface area (Å²) in [6.45, 7) is 4.08. The second-order valence-corrected chi connectivity index (χ2v) is 5.88. The molecule has 0 saturated heterocycles. The normalized spacial score (nSPS) is 12.8. The standard InChI is InChI=1S/C17H21N5O/c1-3-6-14-21-15-16(22(14)10(2)9-13(18)23)11-7-4-5-8-12(11)20-17(15)19/h4-5,7-8,10H,3,6,9H2,1-2H3,(H2,18,23)(H2,19,20). The van der Waals surface area contributed by atoms with Crippen LogP contribution in [0.2, 0.25) is 0 Å². The van der Waals surface area contributed by atoms with Gasteiger partial charge in [0.1, 0.15) is 11.3 Å². The van der Waals surface area contributed by atoms with E-state index in [1.165, 1.54) is 0 Å². The van der Waals surface area contributed by atoms with Crippen molar-refractivity contribution >= 4 is 33.7 Å². The van der Waals surface area contributed by atoms with Crippen molar-refractivity contribution in [2.45, 2.75) is 39.2 Å². The lowest BCUT2D eigenvalue weighted by atomic mass is 10.1. The van der Waals surface area contributed by atoms with Crippen molar-refractivity contribution in [1.82, 2.24) is 14.5 Å². The maximum atomic E-state index is 11.4. The van der Waals surface area contributed by atoms with Crippen LogP contribution in [0.25, 0.3) is 21.9 Å². The molecule has 0 aliphatic heterocycles. The van der Waals surface area contributed by atoms with Gasteiger partial charge in [-0.2, -0.15) is 0 Å². The number of rotatable bonds is 5. The first-order valence-electron chi connectivity index (χ1n) is 7.86. The minimum atomic E-state index is -0.326. The highest BCUT2D eigenvalue weighted by Gasteiger charge is 2.21. The molecule has 3 aromatic rings. The number of carbonyl (C=O) groups excluding carboxylic acids is 1. The Morgan fingerprint density at radius 3 is 2.74 bits per heavy atom. The monoisotopic (exact) mass is 311 g/mol. The lowest BCUT2D eigenvalue weighted by Crippen LogP contribution is -2.19. The predicted octanol–water partition coefficient (Wildman–Crippen LogP) is 2.56. The molecule has 0 bridgehead atoms. The molecular weight excluding hydrogens is 290 g/mol. The molecule has 6 heteroatoms. The zero-order valence-electron chi connectivity index (χ0n) is 13.4. The number of aryl methyl sites for hydroxylation is 1. The average molecular weight is 311 g/mol. The Morgan fingerprint density at radius 2 is 2.04 bits per heavy atom. The number of nitrogen functional groups attached to an aromatic ring is 1. The predicted molar refractivity (Wildman–Crippen MR) is 92.0 cm³/mol. The summed E-state index contributed by atoms with van der Waals surface area (Å²) in [5, 5.41) is 0.989. The van der Waals surface area contributed by atoms with Crippen LogP contribution in [-0.2, 0) is 11.2 Å². The second-order valence-electron chi connectivity index (χ2n) is 5.88. The van der Waals surface area contributed by atoms with Crippen molar-refractivity contribution in [3.8, 4) is 0 Å². The van der Waals surface area contributed by atoms with Gasteiger partial charge in [0.05, 0.1) is 11.0 Å². The molecule has 1 aromatic carbocycles. The topological polar surface area (TPSA) is 99.8 Å². The Morgan fingerprint density at radius 1 is 1.30 bits per heavy atom. The number of pyridine rings is 1. The van der Waals surface area contributed by atoms with Gasteiger partial charge < -0.3 is 16.0 Å². The van der Waals surface area contributed by atoms with Gasteiger partial charge >= 0.3 is 0 Å². The van der Waals surface area contributed by atoms with Crippen LogP contribution in [0, 0.1) is 0 Å². The number of aromatic nitrogens is 3. The quantitative estimate of drug-likeness (QED) is 0.756. The van der Waals surface area contributed by atoms with Crippen LogP contribution in [0.15, 0.2) is 24.3 Å². The molecule has 6 nitrogen and oxygen atoms in total. The van der Waals surface area contributed by atoms with Crippen LogP contribution in [0.4, 0.5) is 5.82 Å². The number of para-hydroxylation sites is 1. The van der Waals surface area contributed by atoms with E-state index in [-0.39, 0.29) is 18.4 Å². The maximum Gasteiger partial charge on any atom is 0.219 e. The summed E-state index contributed by atoms with van der Waals surface area (Å²) >= 11 is 0. The lowest BCUT2D eigenvalue weighted by Gasteiger charge is -2.17. The van der Waals surface area contributed by atoms with Crippen LogP contribution in [0.5, 0.6) is 0 Å². The fourth-order valence-corrected chi connectivity index (χ4v) is 3.13. The number of amides is 1. The Bertz CT molecular complexity index is 883. The SMILES string of the molecule is CCCc1nc2c(N)nc3ccccc3c2n1C(C)CC(N)=O. The summed E-state index contributed by atoms with van der Waals surface area (Å²) in [4.78, 5) is 20.5. The molecule has 1 unspecified atom stereocenters. The van der Waals surface area contributed by atoms with Crippen LogP contribution in [0.1, 0.15) is 38.6 Å². The van der Waals surface area contributed by atoms with E-state index in [2.05, 4.69) is 16.5 Å². The molecule has 3 rings (SSSR count). The zero-order chi connectivity index (χ0) is 16.6. The van der Waals surface area contributed by atoms with E-state index < -0.39 is 0 Å². The van der Waals surface area contributed by atoms with Crippen LogP contribution in [0.3, 0.4) is 0 Å². The first-order chi connectivity index (χ1) is 11.0. The smallest absolute Gasteiger partial charge is 0.219 e. The van der Waals surface area contributed by atoms with E-state index in [1.807, 2.05) is 31.2 Å². The molecule has 0 spiro atoms. The minimum Gasteiger partial charge on any atom is -0.382 e.